The Balaban J connectivity index is 1.70. The molecule has 2 rings (SSSR count). The van der Waals surface area contributed by atoms with Crippen LogP contribution >= 0.6 is 11.3 Å². The average Bonchev–Trinajstić information content (AvgIpc) is 2.91. The third-order valence-corrected chi connectivity index (χ3v) is 3.88. The summed E-state index contributed by atoms with van der Waals surface area (Å²) in [5.41, 5.74) is 1.11. The van der Waals surface area contributed by atoms with Gasteiger partial charge in [-0.2, -0.15) is 0 Å². The van der Waals surface area contributed by atoms with Crippen LogP contribution in [0.1, 0.15) is 22.4 Å². The van der Waals surface area contributed by atoms with Crippen LogP contribution in [0.5, 0.6) is 0 Å². The van der Waals surface area contributed by atoms with Crippen molar-refractivity contribution >= 4 is 17.4 Å². The highest BCUT2D eigenvalue weighted by molar-refractivity contribution is 7.09. The molecule has 0 aliphatic rings. The van der Waals surface area contributed by atoms with Gasteiger partial charge in [-0.15, -0.1) is 11.3 Å². The lowest BCUT2D eigenvalue weighted by atomic mass is 10.1. The number of hydrogen-bond donors (Lipinski definition) is 3. The third kappa shape index (κ3) is 4.78. The normalized spacial score (nSPS) is 12.0. The first-order valence-electron chi connectivity index (χ1n) is 6.91. The van der Waals surface area contributed by atoms with E-state index in [9.17, 15) is 14.3 Å². The number of hydrogen-bond acceptors (Lipinski definition) is 4. The maximum absolute atomic E-state index is 13.5. The van der Waals surface area contributed by atoms with E-state index in [1.54, 1.807) is 23.5 Å². The predicted molar refractivity (Wildman–Crippen MR) is 83.3 cm³/mol. The lowest BCUT2D eigenvalue weighted by Gasteiger charge is -2.13. The zero-order valence-electron chi connectivity index (χ0n) is 12.2. The standard InChI is InChI=1S/C15H18FN3O2S/c1-10-19-11(9-22-10)6-7-17-15(21)18-8-14(20)12-4-2-3-5-13(12)16/h2-5,9,14,20H,6-8H2,1H3,(H2,17,18,21)/t14-/m0/s1. The van der Waals surface area contributed by atoms with Gasteiger partial charge in [0.1, 0.15) is 5.82 Å². The Bertz CT molecular complexity index is 633. The van der Waals surface area contributed by atoms with Gasteiger partial charge in [0.2, 0.25) is 0 Å². The number of rotatable bonds is 6. The fraction of sp³-hybridized carbons (Fsp3) is 0.333. The summed E-state index contributed by atoms with van der Waals surface area (Å²) in [6, 6.07) is 5.55. The molecule has 0 saturated carbocycles. The Morgan fingerprint density at radius 1 is 1.41 bits per heavy atom. The number of carbonyl (C=O) groups is 1. The Morgan fingerprint density at radius 2 is 2.18 bits per heavy atom. The Hall–Kier alpha value is -1.99. The average molecular weight is 323 g/mol. The molecule has 3 N–H and O–H groups in total. The maximum atomic E-state index is 13.5. The van der Waals surface area contributed by atoms with E-state index < -0.39 is 18.0 Å². The molecular weight excluding hydrogens is 305 g/mol. The molecule has 1 aromatic heterocycles. The number of nitrogens with one attached hydrogen (secondary N) is 2. The van der Waals surface area contributed by atoms with E-state index in [-0.39, 0.29) is 12.1 Å². The van der Waals surface area contributed by atoms with Crippen molar-refractivity contribution < 1.29 is 14.3 Å². The lowest BCUT2D eigenvalue weighted by molar-refractivity contribution is 0.169. The first-order chi connectivity index (χ1) is 10.6. The fourth-order valence-corrected chi connectivity index (χ4v) is 2.58. The molecule has 0 unspecified atom stereocenters. The number of aliphatic hydroxyl groups excluding tert-OH is 1. The Labute approximate surface area is 132 Å². The summed E-state index contributed by atoms with van der Waals surface area (Å²) in [4.78, 5) is 15.9. The predicted octanol–water partition coefficient (Wildman–Crippen LogP) is 2.17. The van der Waals surface area contributed by atoms with Gasteiger partial charge in [-0.05, 0) is 13.0 Å². The highest BCUT2D eigenvalue weighted by Crippen LogP contribution is 2.15. The second kappa shape index (κ2) is 7.86. The number of nitrogens with zero attached hydrogens (tertiary/aromatic N) is 1. The van der Waals surface area contributed by atoms with Crippen LogP contribution in [0.15, 0.2) is 29.6 Å². The van der Waals surface area contributed by atoms with Crippen molar-refractivity contribution in [2.45, 2.75) is 19.4 Å². The zero-order chi connectivity index (χ0) is 15.9. The Kier molecular flexibility index (Phi) is 5.85. The molecule has 0 fully saturated rings. The zero-order valence-corrected chi connectivity index (χ0v) is 13.0. The molecule has 1 atom stereocenters. The molecule has 2 aromatic rings. The highest BCUT2D eigenvalue weighted by Gasteiger charge is 2.13. The van der Waals surface area contributed by atoms with Crippen LogP contribution in [0.2, 0.25) is 0 Å². The number of carbonyl (C=O) groups excluding carboxylic acids is 1. The van der Waals surface area contributed by atoms with Crippen LogP contribution in [0.25, 0.3) is 0 Å². The van der Waals surface area contributed by atoms with Crippen molar-refractivity contribution in [2.24, 2.45) is 0 Å². The van der Waals surface area contributed by atoms with Gasteiger partial charge in [-0.1, -0.05) is 18.2 Å². The number of thiazole rings is 1. The summed E-state index contributed by atoms with van der Waals surface area (Å²) in [6.45, 7) is 2.33. The molecular formula is C15H18FN3O2S. The van der Waals surface area contributed by atoms with Crippen LogP contribution in [0.3, 0.4) is 0 Å². The molecule has 0 spiro atoms. The summed E-state index contributed by atoms with van der Waals surface area (Å²) < 4.78 is 13.5. The van der Waals surface area contributed by atoms with Crippen LogP contribution < -0.4 is 10.6 Å². The molecule has 0 aliphatic heterocycles. The van der Waals surface area contributed by atoms with E-state index in [4.69, 9.17) is 0 Å². The number of benzene rings is 1. The number of aromatic nitrogens is 1. The SMILES string of the molecule is Cc1nc(CCNC(=O)NC[C@H](O)c2ccccc2F)cs1. The van der Waals surface area contributed by atoms with E-state index in [0.29, 0.717) is 13.0 Å². The van der Waals surface area contributed by atoms with Crippen LogP contribution in [0.4, 0.5) is 9.18 Å². The van der Waals surface area contributed by atoms with Crippen molar-refractivity contribution in [2.75, 3.05) is 13.1 Å². The van der Waals surface area contributed by atoms with Gasteiger partial charge in [-0.3, -0.25) is 0 Å². The van der Waals surface area contributed by atoms with E-state index in [1.165, 1.54) is 12.1 Å². The van der Waals surface area contributed by atoms with Crippen molar-refractivity contribution in [1.82, 2.24) is 15.6 Å². The van der Waals surface area contributed by atoms with Crippen LogP contribution in [-0.4, -0.2) is 29.2 Å². The summed E-state index contributed by atoms with van der Waals surface area (Å²) in [5.74, 6) is -0.490. The van der Waals surface area contributed by atoms with Gasteiger partial charge < -0.3 is 15.7 Å². The van der Waals surface area contributed by atoms with E-state index >= 15 is 0 Å². The molecule has 118 valence electrons. The minimum atomic E-state index is -1.08. The van der Waals surface area contributed by atoms with Crippen molar-refractivity contribution in [1.29, 1.82) is 0 Å². The van der Waals surface area contributed by atoms with Crippen molar-refractivity contribution in [3.8, 4) is 0 Å². The van der Waals surface area contributed by atoms with Gasteiger partial charge >= 0.3 is 6.03 Å². The van der Waals surface area contributed by atoms with Gasteiger partial charge in [0.05, 0.1) is 16.8 Å². The molecule has 22 heavy (non-hydrogen) atoms. The molecule has 5 nitrogen and oxygen atoms in total. The first kappa shape index (κ1) is 16.4. The van der Waals surface area contributed by atoms with Crippen LogP contribution in [-0.2, 0) is 6.42 Å². The summed E-state index contributed by atoms with van der Waals surface area (Å²) >= 11 is 1.57. The molecule has 1 heterocycles. The van der Waals surface area contributed by atoms with Gasteiger partial charge in [-0.25, -0.2) is 14.2 Å². The quantitative estimate of drug-likeness (QED) is 0.763. The van der Waals surface area contributed by atoms with Gasteiger partial charge in [0.15, 0.2) is 0 Å². The number of aryl methyl sites for hydroxylation is 1. The number of halogens is 1. The van der Waals surface area contributed by atoms with Crippen molar-refractivity contribution in [3.63, 3.8) is 0 Å². The molecule has 0 bridgehead atoms. The molecule has 7 heteroatoms. The van der Waals surface area contributed by atoms with E-state index in [0.717, 1.165) is 10.7 Å². The molecule has 0 saturated heterocycles. The lowest BCUT2D eigenvalue weighted by Crippen LogP contribution is -2.38. The van der Waals surface area contributed by atoms with Crippen LogP contribution in [0, 0.1) is 12.7 Å². The van der Waals surface area contributed by atoms with E-state index in [1.807, 2.05) is 12.3 Å². The highest BCUT2D eigenvalue weighted by atomic mass is 32.1. The molecule has 1 aromatic carbocycles. The summed E-state index contributed by atoms with van der Waals surface area (Å²) in [7, 11) is 0. The molecule has 0 aliphatic carbocycles. The number of urea groups is 1. The monoisotopic (exact) mass is 323 g/mol. The fourth-order valence-electron chi connectivity index (χ4n) is 1.93. The minimum absolute atomic E-state index is 0.0530. The van der Waals surface area contributed by atoms with Gasteiger partial charge in [0.25, 0.3) is 0 Å². The van der Waals surface area contributed by atoms with Gasteiger partial charge in [0, 0.05) is 30.5 Å². The molecule has 2 amide bonds. The minimum Gasteiger partial charge on any atom is -0.386 e. The van der Waals surface area contributed by atoms with Crippen molar-refractivity contribution in [3.05, 3.63) is 51.7 Å². The first-order valence-corrected chi connectivity index (χ1v) is 7.79. The smallest absolute Gasteiger partial charge is 0.314 e. The topological polar surface area (TPSA) is 74.2 Å². The summed E-state index contributed by atoms with van der Waals surface area (Å²) in [5, 5.41) is 18.0. The second-order valence-corrected chi connectivity index (χ2v) is 5.84. The second-order valence-electron chi connectivity index (χ2n) is 4.78. The maximum Gasteiger partial charge on any atom is 0.314 e. The summed E-state index contributed by atoms with van der Waals surface area (Å²) in [6.07, 6.45) is -0.429. The third-order valence-electron chi connectivity index (χ3n) is 3.05. The number of amides is 2. The van der Waals surface area contributed by atoms with E-state index in [2.05, 4.69) is 15.6 Å². The number of aliphatic hydroxyl groups is 1. The molecule has 0 radical (unpaired) electrons. The Morgan fingerprint density at radius 3 is 2.86 bits per heavy atom. The largest absolute Gasteiger partial charge is 0.386 e.